The van der Waals surface area contributed by atoms with E-state index in [-0.39, 0.29) is 35.5 Å². The summed E-state index contributed by atoms with van der Waals surface area (Å²) >= 11 is 6.08. The number of carbonyl (C=O) groups is 3. The van der Waals surface area contributed by atoms with E-state index in [0.717, 1.165) is 30.2 Å². The summed E-state index contributed by atoms with van der Waals surface area (Å²) in [4.78, 5) is 43.4. The number of fused-ring (bicyclic) bond motifs is 1. The summed E-state index contributed by atoms with van der Waals surface area (Å²) in [6, 6.07) is 7.89. The number of rotatable bonds is 5. The monoisotopic (exact) mass is 467 g/mol. The molecular weight excluding hydrogens is 442 g/mol. The molecule has 2 aromatic rings. The number of nitrogens with zero attached hydrogens (tertiary/aromatic N) is 2. The first-order chi connectivity index (χ1) is 15.9. The zero-order valence-corrected chi connectivity index (χ0v) is 19.0. The number of carbonyl (C=O) groups excluding carboxylic acids is 3. The molecule has 3 N–H and O–H groups in total. The maximum absolute atomic E-state index is 13.5. The van der Waals surface area contributed by atoms with Crippen LogP contribution in [0.2, 0.25) is 5.02 Å². The number of nitrogens with one attached hydrogen (secondary N) is 3. The van der Waals surface area contributed by atoms with Crippen molar-refractivity contribution in [3.63, 3.8) is 0 Å². The van der Waals surface area contributed by atoms with E-state index in [1.807, 2.05) is 6.07 Å². The summed E-state index contributed by atoms with van der Waals surface area (Å²) in [5.74, 6) is -0.895. The Morgan fingerprint density at radius 2 is 2.15 bits per heavy atom. The number of nitriles is 1. The van der Waals surface area contributed by atoms with E-state index in [1.54, 1.807) is 23.1 Å². The molecule has 1 unspecified atom stereocenters. The third kappa shape index (κ3) is 4.06. The summed E-state index contributed by atoms with van der Waals surface area (Å²) in [5, 5.41) is 16.6. The zero-order chi connectivity index (χ0) is 23.2. The summed E-state index contributed by atoms with van der Waals surface area (Å²) in [6.07, 6.45) is 4.62. The van der Waals surface area contributed by atoms with Crippen LogP contribution < -0.4 is 10.6 Å². The number of halogens is 1. The Morgan fingerprint density at radius 1 is 1.33 bits per heavy atom. The second kappa shape index (κ2) is 8.38. The number of likely N-dealkylation sites (tertiary alicyclic amines) is 1. The van der Waals surface area contributed by atoms with Gasteiger partial charge in [0, 0.05) is 34.9 Å². The molecule has 3 amide bonds. The number of H-pyrrole nitrogens is 1. The topological polar surface area (TPSA) is 118 Å². The third-order valence-electron chi connectivity index (χ3n) is 7.46. The Labute approximate surface area is 196 Å². The molecule has 1 aromatic heterocycles. The average Bonchev–Trinajstić information content (AvgIpc) is 3.49. The van der Waals surface area contributed by atoms with E-state index in [1.165, 1.54) is 0 Å². The number of amides is 3. The molecule has 1 spiro atoms. The Hall–Kier alpha value is -3.05. The lowest BCUT2D eigenvalue weighted by atomic mass is 9.67. The molecule has 3 aliphatic rings. The molecule has 1 aliphatic carbocycles. The van der Waals surface area contributed by atoms with Gasteiger partial charge in [0.1, 0.15) is 17.8 Å². The van der Waals surface area contributed by atoms with Crippen LogP contribution in [0.25, 0.3) is 10.9 Å². The minimum atomic E-state index is -0.767. The third-order valence-corrected chi connectivity index (χ3v) is 7.69. The highest BCUT2D eigenvalue weighted by molar-refractivity contribution is 6.31. The molecule has 2 aliphatic heterocycles. The van der Waals surface area contributed by atoms with Gasteiger partial charge in [-0.25, -0.2) is 0 Å². The predicted octanol–water partition coefficient (Wildman–Crippen LogP) is 2.74. The Balaban J connectivity index is 1.35. The molecule has 1 aromatic carbocycles. The number of hydrogen-bond acceptors (Lipinski definition) is 4. The molecule has 0 bridgehead atoms. The Morgan fingerprint density at radius 3 is 2.82 bits per heavy atom. The van der Waals surface area contributed by atoms with Crippen LogP contribution in [-0.4, -0.2) is 52.8 Å². The fourth-order valence-electron chi connectivity index (χ4n) is 5.48. The molecule has 172 valence electrons. The minimum absolute atomic E-state index is 0.0273. The smallest absolute Gasteiger partial charge is 0.271 e. The van der Waals surface area contributed by atoms with Crippen molar-refractivity contribution in [2.24, 2.45) is 11.3 Å². The SMILES string of the molecule is N#C[C@H](C[C@@H]1CCNC1=O)NC(=O)C1CC2(CCC2)CN1C(=O)c1cc2ccc(Cl)cc2[nH]1. The summed E-state index contributed by atoms with van der Waals surface area (Å²) in [5.41, 5.74) is 1.16. The molecule has 3 heterocycles. The van der Waals surface area contributed by atoms with Crippen LogP contribution in [0.5, 0.6) is 0 Å². The maximum Gasteiger partial charge on any atom is 0.271 e. The van der Waals surface area contributed by atoms with Crippen LogP contribution in [-0.2, 0) is 9.59 Å². The van der Waals surface area contributed by atoms with Crippen molar-refractivity contribution >= 4 is 40.2 Å². The van der Waals surface area contributed by atoms with Crippen LogP contribution in [0.4, 0.5) is 0 Å². The summed E-state index contributed by atoms with van der Waals surface area (Å²) < 4.78 is 0. The molecule has 2 saturated heterocycles. The lowest BCUT2D eigenvalue weighted by molar-refractivity contribution is -0.126. The number of aromatic nitrogens is 1. The molecule has 9 heteroatoms. The number of aromatic amines is 1. The molecule has 5 rings (SSSR count). The normalized spacial score (nSPS) is 24.4. The predicted molar refractivity (Wildman–Crippen MR) is 122 cm³/mol. The maximum atomic E-state index is 13.5. The largest absolute Gasteiger partial charge is 0.356 e. The first-order valence-electron chi connectivity index (χ1n) is 11.4. The fraction of sp³-hybridized carbons (Fsp3) is 0.500. The molecular formula is C24H26ClN5O3. The number of hydrogen-bond donors (Lipinski definition) is 3. The van der Waals surface area contributed by atoms with Crippen LogP contribution in [0.3, 0.4) is 0 Å². The van der Waals surface area contributed by atoms with E-state index in [2.05, 4.69) is 21.7 Å². The summed E-state index contributed by atoms with van der Waals surface area (Å²) in [6.45, 7) is 1.13. The average molecular weight is 468 g/mol. The Kier molecular flexibility index (Phi) is 5.53. The van der Waals surface area contributed by atoms with Crippen molar-refractivity contribution in [2.75, 3.05) is 13.1 Å². The fourth-order valence-corrected chi connectivity index (χ4v) is 5.65. The van der Waals surface area contributed by atoms with Gasteiger partial charge in [-0.2, -0.15) is 5.26 Å². The van der Waals surface area contributed by atoms with Crippen molar-refractivity contribution in [1.29, 1.82) is 5.26 Å². The standard InChI is InChI=1S/C24H26ClN5O3/c25-16-3-2-14-9-19(29-18(14)10-16)23(33)30-13-24(5-1-6-24)11-20(30)22(32)28-17(12-26)8-15-4-7-27-21(15)31/h2-3,9-10,15,17,20,29H,1,4-8,11,13H2,(H,27,31)(H,28,32)/t15-,17-,20?/m0/s1. The van der Waals surface area contributed by atoms with Gasteiger partial charge in [-0.3, -0.25) is 14.4 Å². The first kappa shape index (κ1) is 21.8. The van der Waals surface area contributed by atoms with Gasteiger partial charge in [-0.15, -0.1) is 0 Å². The van der Waals surface area contributed by atoms with Gasteiger partial charge in [0.15, 0.2) is 0 Å². The van der Waals surface area contributed by atoms with Gasteiger partial charge in [0.2, 0.25) is 11.8 Å². The lowest BCUT2D eigenvalue weighted by Gasteiger charge is -2.37. The summed E-state index contributed by atoms with van der Waals surface area (Å²) in [7, 11) is 0. The lowest BCUT2D eigenvalue weighted by Crippen LogP contribution is -2.49. The van der Waals surface area contributed by atoms with Gasteiger partial charge >= 0.3 is 0 Å². The second-order valence-corrected chi connectivity index (χ2v) is 10.1. The Bertz CT molecular complexity index is 1160. The highest BCUT2D eigenvalue weighted by Gasteiger charge is 2.52. The number of benzene rings is 1. The quantitative estimate of drug-likeness (QED) is 0.626. The van der Waals surface area contributed by atoms with E-state index < -0.39 is 12.1 Å². The van der Waals surface area contributed by atoms with Crippen molar-refractivity contribution in [3.8, 4) is 6.07 Å². The van der Waals surface area contributed by atoms with E-state index >= 15 is 0 Å². The van der Waals surface area contributed by atoms with Crippen molar-refractivity contribution < 1.29 is 14.4 Å². The molecule has 3 atom stereocenters. The second-order valence-electron chi connectivity index (χ2n) is 9.62. The van der Waals surface area contributed by atoms with Gasteiger partial charge < -0.3 is 20.5 Å². The highest BCUT2D eigenvalue weighted by Crippen LogP contribution is 2.50. The van der Waals surface area contributed by atoms with Crippen molar-refractivity contribution in [1.82, 2.24) is 20.5 Å². The zero-order valence-electron chi connectivity index (χ0n) is 18.2. The molecule has 33 heavy (non-hydrogen) atoms. The van der Waals surface area contributed by atoms with Crippen LogP contribution in [0.15, 0.2) is 24.3 Å². The van der Waals surface area contributed by atoms with Crippen molar-refractivity contribution in [3.05, 3.63) is 35.0 Å². The van der Waals surface area contributed by atoms with Crippen LogP contribution in [0.1, 0.15) is 49.0 Å². The van der Waals surface area contributed by atoms with Gasteiger partial charge in [0.25, 0.3) is 5.91 Å². The molecule has 0 radical (unpaired) electrons. The minimum Gasteiger partial charge on any atom is -0.356 e. The first-order valence-corrected chi connectivity index (χ1v) is 11.8. The molecule has 8 nitrogen and oxygen atoms in total. The van der Waals surface area contributed by atoms with Crippen molar-refractivity contribution in [2.45, 2.75) is 50.6 Å². The van der Waals surface area contributed by atoms with E-state index in [4.69, 9.17) is 11.6 Å². The van der Waals surface area contributed by atoms with E-state index in [0.29, 0.717) is 36.6 Å². The van der Waals surface area contributed by atoms with Gasteiger partial charge in [-0.05, 0) is 55.7 Å². The highest BCUT2D eigenvalue weighted by atomic mass is 35.5. The molecule has 1 saturated carbocycles. The van der Waals surface area contributed by atoms with E-state index in [9.17, 15) is 19.6 Å². The molecule has 3 fully saturated rings. The van der Waals surface area contributed by atoms with Crippen LogP contribution in [0, 0.1) is 22.7 Å². The van der Waals surface area contributed by atoms with Gasteiger partial charge in [0.05, 0.1) is 6.07 Å². The van der Waals surface area contributed by atoms with Crippen LogP contribution >= 0.6 is 11.6 Å². The van der Waals surface area contributed by atoms with Gasteiger partial charge in [-0.1, -0.05) is 24.1 Å².